The molecule has 0 spiro atoms. The maximum atomic E-state index is 11.5. The monoisotopic (exact) mass is 260 g/mol. The number of Topliss-reactive ketones (excluding diaryl/α,β-unsaturated/α-hetero) is 1. The van der Waals surface area contributed by atoms with Crippen LogP contribution in [-0.2, 0) is 9.59 Å². The van der Waals surface area contributed by atoms with Crippen LogP contribution in [0.15, 0.2) is 0 Å². The Morgan fingerprint density at radius 3 is 2.33 bits per heavy atom. The molecule has 0 aliphatic heterocycles. The number of hydrogen-bond acceptors (Lipinski definition) is 4. The van der Waals surface area contributed by atoms with Gasteiger partial charge in [-0.2, -0.15) is 0 Å². The van der Waals surface area contributed by atoms with Crippen LogP contribution in [0.1, 0.15) is 51.9 Å². The van der Waals surface area contributed by atoms with Gasteiger partial charge in [-0.05, 0) is 19.3 Å². The molecule has 0 aliphatic carbocycles. The molecule has 106 valence electrons. The number of aliphatic hydroxyl groups is 2. The average molecular weight is 260 g/mol. The standard InChI is InChI=1S/C13H24O5/c1-2-3-4-5-11(15)7-6-10(13(17)18)8-12(16)9-14/h10,12,14,16H,2-9H2,1H3,(H,17,18). The van der Waals surface area contributed by atoms with E-state index in [4.69, 9.17) is 10.2 Å². The van der Waals surface area contributed by atoms with Crippen LogP contribution in [0, 0.1) is 5.92 Å². The average Bonchev–Trinajstić information content (AvgIpc) is 2.34. The maximum absolute atomic E-state index is 11.5. The van der Waals surface area contributed by atoms with Crippen LogP contribution in [0.5, 0.6) is 0 Å². The zero-order valence-electron chi connectivity index (χ0n) is 11.0. The predicted octanol–water partition coefficient (Wildman–Crippen LogP) is 1.36. The topological polar surface area (TPSA) is 94.8 Å². The van der Waals surface area contributed by atoms with Crippen LogP contribution in [0.4, 0.5) is 0 Å². The molecule has 0 fully saturated rings. The third kappa shape index (κ3) is 8.20. The largest absolute Gasteiger partial charge is 0.481 e. The van der Waals surface area contributed by atoms with Crippen LogP contribution < -0.4 is 0 Å². The van der Waals surface area contributed by atoms with Gasteiger partial charge in [-0.25, -0.2) is 0 Å². The number of aliphatic carboxylic acids is 1. The third-order valence-electron chi connectivity index (χ3n) is 2.95. The Balaban J connectivity index is 3.96. The third-order valence-corrected chi connectivity index (χ3v) is 2.95. The highest BCUT2D eigenvalue weighted by Crippen LogP contribution is 2.16. The number of rotatable bonds is 11. The van der Waals surface area contributed by atoms with Gasteiger partial charge >= 0.3 is 5.97 Å². The van der Waals surface area contributed by atoms with Gasteiger partial charge < -0.3 is 15.3 Å². The Bertz CT molecular complexity index is 252. The second kappa shape index (κ2) is 10.0. The molecule has 0 aromatic rings. The smallest absolute Gasteiger partial charge is 0.306 e. The van der Waals surface area contributed by atoms with E-state index in [0.29, 0.717) is 6.42 Å². The Labute approximate surface area is 108 Å². The van der Waals surface area contributed by atoms with Crippen LogP contribution >= 0.6 is 0 Å². The zero-order valence-corrected chi connectivity index (χ0v) is 11.0. The molecule has 0 aromatic carbocycles. The van der Waals surface area contributed by atoms with E-state index < -0.39 is 24.6 Å². The summed E-state index contributed by atoms with van der Waals surface area (Å²) in [6.45, 7) is 1.61. The summed E-state index contributed by atoms with van der Waals surface area (Å²) in [7, 11) is 0. The highest BCUT2D eigenvalue weighted by Gasteiger charge is 2.21. The van der Waals surface area contributed by atoms with Gasteiger partial charge in [0.2, 0.25) is 0 Å². The number of carbonyl (C=O) groups excluding carboxylic acids is 1. The highest BCUT2D eigenvalue weighted by atomic mass is 16.4. The van der Waals surface area contributed by atoms with Crippen LogP contribution in [-0.4, -0.2) is 39.8 Å². The number of carbonyl (C=O) groups is 2. The minimum absolute atomic E-state index is 0.00588. The van der Waals surface area contributed by atoms with Crippen molar-refractivity contribution in [2.75, 3.05) is 6.61 Å². The van der Waals surface area contributed by atoms with Crippen molar-refractivity contribution in [2.45, 2.75) is 58.0 Å². The lowest BCUT2D eigenvalue weighted by molar-refractivity contribution is -0.143. The van der Waals surface area contributed by atoms with E-state index in [1.165, 1.54) is 0 Å². The Morgan fingerprint density at radius 1 is 1.17 bits per heavy atom. The summed E-state index contributed by atoms with van der Waals surface area (Å²) >= 11 is 0. The van der Waals surface area contributed by atoms with E-state index in [1.807, 2.05) is 0 Å². The molecule has 0 aliphatic rings. The SMILES string of the molecule is CCCCCC(=O)CCC(CC(O)CO)C(=O)O. The molecule has 2 unspecified atom stereocenters. The second-order valence-electron chi connectivity index (χ2n) is 4.64. The van der Waals surface area contributed by atoms with Crippen molar-refractivity contribution in [3.63, 3.8) is 0 Å². The van der Waals surface area contributed by atoms with E-state index in [0.717, 1.165) is 19.3 Å². The number of carboxylic acids is 1. The molecule has 2 atom stereocenters. The summed E-state index contributed by atoms with van der Waals surface area (Å²) in [6, 6.07) is 0. The number of ketones is 1. The van der Waals surface area contributed by atoms with Crippen LogP contribution in [0.2, 0.25) is 0 Å². The Hall–Kier alpha value is -0.940. The molecule has 0 aromatic heterocycles. The van der Waals surface area contributed by atoms with Crippen molar-refractivity contribution >= 4 is 11.8 Å². The van der Waals surface area contributed by atoms with Crippen molar-refractivity contribution in [1.29, 1.82) is 0 Å². The van der Waals surface area contributed by atoms with Gasteiger partial charge in [-0.15, -0.1) is 0 Å². The van der Waals surface area contributed by atoms with Crippen molar-refractivity contribution in [3.8, 4) is 0 Å². The fourth-order valence-electron chi connectivity index (χ4n) is 1.78. The van der Waals surface area contributed by atoms with E-state index in [-0.39, 0.29) is 25.0 Å². The molecule has 5 nitrogen and oxygen atoms in total. The molecule has 0 radical (unpaired) electrons. The van der Waals surface area contributed by atoms with Crippen molar-refractivity contribution < 1.29 is 24.9 Å². The fraction of sp³-hybridized carbons (Fsp3) is 0.846. The van der Waals surface area contributed by atoms with Crippen molar-refractivity contribution in [1.82, 2.24) is 0 Å². The minimum Gasteiger partial charge on any atom is -0.481 e. The number of unbranched alkanes of at least 4 members (excludes halogenated alkanes) is 2. The summed E-state index contributed by atoms with van der Waals surface area (Å²) in [5, 5.41) is 26.8. The van der Waals surface area contributed by atoms with Gasteiger partial charge in [-0.3, -0.25) is 9.59 Å². The molecule has 0 saturated carbocycles. The first kappa shape index (κ1) is 17.1. The van der Waals surface area contributed by atoms with E-state index in [1.54, 1.807) is 0 Å². The summed E-state index contributed by atoms with van der Waals surface area (Å²) in [5.74, 6) is -1.71. The highest BCUT2D eigenvalue weighted by molar-refractivity contribution is 5.79. The van der Waals surface area contributed by atoms with Gasteiger partial charge in [0.15, 0.2) is 0 Å². The summed E-state index contributed by atoms with van der Waals surface area (Å²) in [4.78, 5) is 22.4. The first-order valence-electron chi connectivity index (χ1n) is 6.54. The van der Waals surface area contributed by atoms with Gasteiger partial charge in [-0.1, -0.05) is 19.8 Å². The van der Waals surface area contributed by atoms with Crippen molar-refractivity contribution in [2.24, 2.45) is 5.92 Å². The predicted molar refractivity (Wildman–Crippen MR) is 67.2 cm³/mol. The minimum atomic E-state index is -1.03. The van der Waals surface area contributed by atoms with Gasteiger partial charge in [0.1, 0.15) is 5.78 Å². The molecule has 0 bridgehead atoms. The molecule has 18 heavy (non-hydrogen) atoms. The summed E-state index contributed by atoms with van der Waals surface area (Å²) < 4.78 is 0. The Kier molecular flexibility index (Phi) is 9.50. The van der Waals surface area contributed by atoms with Gasteiger partial charge in [0.05, 0.1) is 18.6 Å². The lowest BCUT2D eigenvalue weighted by Gasteiger charge is -2.14. The molecule has 3 N–H and O–H groups in total. The summed E-state index contributed by atoms with van der Waals surface area (Å²) in [5.41, 5.74) is 0. The molecule has 5 heteroatoms. The number of hydrogen-bond donors (Lipinski definition) is 3. The molecule has 0 rings (SSSR count). The van der Waals surface area contributed by atoms with Gasteiger partial charge in [0.25, 0.3) is 0 Å². The molecule has 0 heterocycles. The normalized spacial score (nSPS) is 14.2. The molecule has 0 saturated heterocycles. The Morgan fingerprint density at radius 2 is 1.83 bits per heavy atom. The number of carboxylic acid groups (broad SMARTS) is 1. The van der Waals surface area contributed by atoms with Crippen molar-refractivity contribution in [3.05, 3.63) is 0 Å². The fourth-order valence-corrected chi connectivity index (χ4v) is 1.78. The van der Waals surface area contributed by atoms with E-state index >= 15 is 0 Å². The lowest BCUT2D eigenvalue weighted by atomic mass is 9.94. The van der Waals surface area contributed by atoms with Crippen LogP contribution in [0.3, 0.4) is 0 Å². The quantitative estimate of drug-likeness (QED) is 0.488. The molecular weight excluding hydrogens is 236 g/mol. The first-order valence-corrected chi connectivity index (χ1v) is 6.54. The maximum Gasteiger partial charge on any atom is 0.306 e. The van der Waals surface area contributed by atoms with Gasteiger partial charge in [0, 0.05) is 12.8 Å². The van der Waals surface area contributed by atoms with E-state index in [9.17, 15) is 14.7 Å². The van der Waals surface area contributed by atoms with E-state index in [2.05, 4.69) is 6.92 Å². The lowest BCUT2D eigenvalue weighted by Crippen LogP contribution is -2.23. The zero-order chi connectivity index (χ0) is 14.0. The summed E-state index contributed by atoms with van der Waals surface area (Å²) in [6.07, 6.45) is 2.85. The molecule has 0 amide bonds. The second-order valence-corrected chi connectivity index (χ2v) is 4.64. The first-order chi connectivity index (χ1) is 8.51. The molecular formula is C13H24O5. The van der Waals surface area contributed by atoms with Crippen LogP contribution in [0.25, 0.3) is 0 Å². The number of aliphatic hydroxyl groups excluding tert-OH is 2.